The zero-order chi connectivity index (χ0) is 21.2. The average molecular weight is 421 g/mol. The van der Waals surface area contributed by atoms with Crippen molar-refractivity contribution in [1.29, 1.82) is 5.41 Å². The van der Waals surface area contributed by atoms with Crippen LogP contribution in [0.1, 0.15) is 31.5 Å². The summed E-state index contributed by atoms with van der Waals surface area (Å²) in [6, 6.07) is 17.7. The van der Waals surface area contributed by atoms with E-state index in [0.29, 0.717) is 0 Å². The molecule has 3 rings (SSSR count). The number of hydrogen-bond acceptors (Lipinski definition) is 3. The molecule has 5 N–H and O–H groups in total. The summed E-state index contributed by atoms with van der Waals surface area (Å²) in [6.45, 7) is 0.795. The fraction of sp³-hybridized carbons (Fsp3) is 0.304. The minimum absolute atomic E-state index is 0. The molecule has 0 aromatic heterocycles. The number of guanidine groups is 1. The van der Waals surface area contributed by atoms with Crippen LogP contribution in [-0.4, -0.2) is 72.2 Å². The van der Waals surface area contributed by atoms with Crippen LogP contribution in [-0.2, 0) is 17.6 Å². The number of carboxylic acids is 1. The predicted octanol–water partition coefficient (Wildman–Crippen LogP) is 2.57. The molecule has 0 unspecified atom stereocenters. The van der Waals surface area contributed by atoms with Crippen LogP contribution in [0.4, 0.5) is 0 Å². The Hall–Kier alpha value is -2.35. The number of carbonyl (C=O) groups is 1. The van der Waals surface area contributed by atoms with Crippen LogP contribution in [0.15, 0.2) is 54.6 Å². The number of carboxylic acid groups (broad SMARTS) is 1. The van der Waals surface area contributed by atoms with Crippen molar-refractivity contribution in [3.8, 4) is 0 Å². The molecule has 7 heteroatoms. The van der Waals surface area contributed by atoms with Crippen molar-refractivity contribution in [1.82, 2.24) is 10.2 Å². The SMILES string of the molecule is CN(CC(=O)O)C(=N)N.CNCCC=C1c2ccccc2CCc2ccccc21.[H-].[H-].[Mg+2]. The summed E-state index contributed by atoms with van der Waals surface area (Å²) in [7, 11) is 3.45. The van der Waals surface area contributed by atoms with Gasteiger partial charge in [-0.2, -0.15) is 0 Å². The Labute approximate surface area is 197 Å². The molecular formula is C23H32MgN4O2. The maximum absolute atomic E-state index is 9.92. The molecule has 158 valence electrons. The molecule has 0 radical (unpaired) electrons. The van der Waals surface area contributed by atoms with Gasteiger partial charge in [0, 0.05) is 7.05 Å². The normalized spacial score (nSPS) is 11.5. The minimum Gasteiger partial charge on any atom is -1.00 e. The number of aliphatic carboxylic acids is 1. The first kappa shape index (κ1) is 25.7. The summed E-state index contributed by atoms with van der Waals surface area (Å²) in [5.41, 5.74) is 12.1. The third kappa shape index (κ3) is 7.48. The Bertz CT molecular complexity index is 844. The molecule has 1 aliphatic rings. The fourth-order valence-corrected chi connectivity index (χ4v) is 3.29. The molecule has 6 nitrogen and oxygen atoms in total. The van der Waals surface area contributed by atoms with Gasteiger partial charge in [0.2, 0.25) is 0 Å². The first-order chi connectivity index (χ1) is 13.9. The van der Waals surface area contributed by atoms with Crippen molar-refractivity contribution in [2.75, 3.05) is 27.2 Å². The fourth-order valence-electron chi connectivity index (χ4n) is 3.29. The van der Waals surface area contributed by atoms with E-state index >= 15 is 0 Å². The van der Waals surface area contributed by atoms with E-state index in [-0.39, 0.29) is 38.4 Å². The predicted molar refractivity (Wildman–Crippen MR) is 126 cm³/mol. The van der Waals surface area contributed by atoms with Gasteiger partial charge in [-0.3, -0.25) is 10.2 Å². The largest absolute Gasteiger partial charge is 2.00 e. The number of fused-ring (bicyclic) bond motifs is 2. The van der Waals surface area contributed by atoms with E-state index in [1.807, 2.05) is 7.05 Å². The van der Waals surface area contributed by atoms with Gasteiger partial charge in [-0.05, 0) is 60.7 Å². The standard InChI is InChI=1S/C19H21N.C4H9N3O2.Mg.2H/c1-20-14-6-11-19-17-9-4-2-7-15(17)12-13-16-8-3-5-10-18(16)19;1-7(4(5)6)2-3(8)9;;;/h2-5,7-11,20H,6,12-14H2,1H3;2H2,1H3,(H3,5,6)(H,8,9);;;/q;;+2;2*-1. The summed E-state index contributed by atoms with van der Waals surface area (Å²) in [5, 5.41) is 18.1. The summed E-state index contributed by atoms with van der Waals surface area (Å²) in [5.74, 6) is -1.23. The molecule has 0 saturated carbocycles. The molecule has 1 aliphatic carbocycles. The maximum atomic E-state index is 9.92. The second kappa shape index (κ2) is 13.1. The maximum Gasteiger partial charge on any atom is 2.00 e. The summed E-state index contributed by atoms with van der Waals surface area (Å²) in [4.78, 5) is 11.0. The third-order valence-electron chi connectivity index (χ3n) is 4.81. The monoisotopic (exact) mass is 420 g/mol. The van der Waals surface area contributed by atoms with Crippen molar-refractivity contribution in [3.63, 3.8) is 0 Å². The van der Waals surface area contributed by atoms with Crippen molar-refractivity contribution in [3.05, 3.63) is 76.9 Å². The number of rotatable bonds is 5. The topological polar surface area (TPSA) is 102 Å². The molecule has 2 aromatic rings. The van der Waals surface area contributed by atoms with Crippen molar-refractivity contribution >= 4 is 40.6 Å². The van der Waals surface area contributed by atoms with E-state index < -0.39 is 5.97 Å². The Morgan fingerprint density at radius 1 is 1.17 bits per heavy atom. The number of hydrogen-bond donors (Lipinski definition) is 4. The van der Waals surface area contributed by atoms with Crippen LogP contribution in [0.2, 0.25) is 0 Å². The first-order valence-electron chi connectivity index (χ1n) is 9.72. The van der Waals surface area contributed by atoms with Crippen molar-refractivity contribution < 1.29 is 12.8 Å². The Morgan fingerprint density at radius 2 is 1.67 bits per heavy atom. The van der Waals surface area contributed by atoms with E-state index in [1.165, 1.54) is 34.9 Å². The molecule has 2 aromatic carbocycles. The van der Waals surface area contributed by atoms with Crippen LogP contribution in [0.5, 0.6) is 0 Å². The molecule has 0 aliphatic heterocycles. The van der Waals surface area contributed by atoms with Gasteiger partial charge >= 0.3 is 29.0 Å². The Balaban J connectivity index is 0. The minimum atomic E-state index is -0.993. The van der Waals surface area contributed by atoms with Crippen LogP contribution in [0, 0.1) is 5.41 Å². The third-order valence-corrected chi connectivity index (χ3v) is 4.81. The number of nitrogens with two attached hydrogens (primary N) is 1. The van der Waals surface area contributed by atoms with Gasteiger partial charge in [-0.1, -0.05) is 54.6 Å². The van der Waals surface area contributed by atoms with Crippen LogP contribution >= 0.6 is 0 Å². The first-order valence-corrected chi connectivity index (χ1v) is 9.72. The molecule has 0 spiro atoms. The summed E-state index contributed by atoms with van der Waals surface area (Å²) in [6.07, 6.45) is 5.72. The number of likely N-dealkylation sites (N-methyl/N-ethyl adjacent to an activating group) is 1. The van der Waals surface area contributed by atoms with Gasteiger partial charge in [0.25, 0.3) is 0 Å². The summed E-state index contributed by atoms with van der Waals surface area (Å²) < 4.78 is 0. The number of benzene rings is 2. The second-order valence-electron chi connectivity index (χ2n) is 6.96. The number of nitrogens with zero attached hydrogens (tertiary/aromatic N) is 1. The molecule has 0 amide bonds. The smallest absolute Gasteiger partial charge is 1.00 e. The molecule has 0 bridgehead atoms. The Morgan fingerprint density at radius 3 is 2.07 bits per heavy atom. The zero-order valence-electron chi connectivity index (χ0n) is 19.8. The zero-order valence-corrected chi connectivity index (χ0v) is 19.2. The Kier molecular flexibility index (Phi) is 11.2. The molecule has 0 fully saturated rings. The number of nitrogens with one attached hydrogen (secondary N) is 2. The second-order valence-corrected chi connectivity index (χ2v) is 6.96. The van der Waals surface area contributed by atoms with Gasteiger partial charge in [0.15, 0.2) is 5.96 Å². The molecule has 0 atom stereocenters. The van der Waals surface area contributed by atoms with Crippen LogP contribution in [0.3, 0.4) is 0 Å². The van der Waals surface area contributed by atoms with Gasteiger partial charge in [0.05, 0.1) is 0 Å². The van der Waals surface area contributed by atoms with E-state index in [9.17, 15) is 4.79 Å². The van der Waals surface area contributed by atoms with E-state index in [0.717, 1.165) is 30.7 Å². The van der Waals surface area contributed by atoms with Gasteiger partial charge in [-0.15, -0.1) is 0 Å². The van der Waals surface area contributed by atoms with E-state index in [4.69, 9.17) is 16.2 Å². The molecular weight excluding hydrogens is 389 g/mol. The van der Waals surface area contributed by atoms with Gasteiger partial charge in [0.1, 0.15) is 6.54 Å². The quantitative estimate of drug-likeness (QED) is 0.258. The van der Waals surface area contributed by atoms with Crippen molar-refractivity contribution in [2.45, 2.75) is 19.3 Å². The molecule has 30 heavy (non-hydrogen) atoms. The molecule has 0 heterocycles. The van der Waals surface area contributed by atoms with Gasteiger partial charge < -0.3 is 23.9 Å². The van der Waals surface area contributed by atoms with E-state index in [1.54, 1.807) is 0 Å². The van der Waals surface area contributed by atoms with E-state index in [2.05, 4.69) is 59.9 Å². The van der Waals surface area contributed by atoms with Crippen LogP contribution in [0.25, 0.3) is 5.57 Å². The van der Waals surface area contributed by atoms with Gasteiger partial charge in [-0.25, -0.2) is 0 Å². The van der Waals surface area contributed by atoms with Crippen LogP contribution < -0.4 is 11.1 Å². The summed E-state index contributed by atoms with van der Waals surface area (Å²) >= 11 is 0. The average Bonchev–Trinajstić information content (AvgIpc) is 2.86. The number of aryl methyl sites for hydroxylation is 2. The molecule has 0 saturated heterocycles. The van der Waals surface area contributed by atoms with Crippen molar-refractivity contribution in [2.24, 2.45) is 5.73 Å².